The van der Waals surface area contributed by atoms with Gasteiger partial charge in [0, 0.05) is 38.2 Å². The molecule has 0 aliphatic carbocycles. The number of thioether (sulfide) groups is 1. The topological polar surface area (TPSA) is 86.6 Å². The second-order valence-corrected chi connectivity index (χ2v) is 6.98. The molecular formula is C15H21ClN4O3S. The van der Waals surface area contributed by atoms with Crippen LogP contribution < -0.4 is 4.90 Å². The molecule has 132 valence electrons. The van der Waals surface area contributed by atoms with E-state index >= 15 is 0 Å². The first-order valence-corrected chi connectivity index (χ1v) is 9.20. The molecule has 0 radical (unpaired) electrons. The molecule has 0 saturated carbocycles. The van der Waals surface area contributed by atoms with Crippen LogP contribution in [0, 0.1) is 0 Å². The summed E-state index contributed by atoms with van der Waals surface area (Å²) in [5.41, 5.74) is 0. The summed E-state index contributed by atoms with van der Waals surface area (Å²) in [5.74, 6) is -0.197. The molecule has 1 saturated heterocycles. The first-order valence-electron chi connectivity index (χ1n) is 7.84. The molecule has 1 amide bonds. The fourth-order valence-electron chi connectivity index (χ4n) is 2.63. The highest BCUT2D eigenvalue weighted by molar-refractivity contribution is 7.99. The van der Waals surface area contributed by atoms with E-state index < -0.39 is 5.97 Å². The molecule has 1 aromatic heterocycles. The molecular weight excluding hydrogens is 352 g/mol. The van der Waals surface area contributed by atoms with Crippen molar-refractivity contribution in [3.05, 3.63) is 11.2 Å². The molecule has 0 aromatic carbocycles. The van der Waals surface area contributed by atoms with Crippen LogP contribution in [0.1, 0.15) is 26.7 Å². The number of carbonyl (C=O) groups is 2. The SMILES string of the molecule is CCCC(=O)N1CCN(c2cc(Cl)nc(SCC(=O)O)n2)C[C@@H]1C. The summed E-state index contributed by atoms with van der Waals surface area (Å²) >= 11 is 7.07. The van der Waals surface area contributed by atoms with Gasteiger partial charge in [-0.3, -0.25) is 9.59 Å². The number of hydrogen-bond donors (Lipinski definition) is 1. The number of halogens is 1. The van der Waals surface area contributed by atoms with Crippen molar-refractivity contribution in [1.29, 1.82) is 0 Å². The number of amides is 1. The Morgan fingerprint density at radius 2 is 2.17 bits per heavy atom. The minimum Gasteiger partial charge on any atom is -0.481 e. The van der Waals surface area contributed by atoms with Crippen molar-refractivity contribution in [2.24, 2.45) is 0 Å². The molecule has 24 heavy (non-hydrogen) atoms. The van der Waals surface area contributed by atoms with Crippen molar-refractivity contribution in [2.45, 2.75) is 37.9 Å². The van der Waals surface area contributed by atoms with E-state index in [1.54, 1.807) is 6.07 Å². The van der Waals surface area contributed by atoms with Gasteiger partial charge in [-0.2, -0.15) is 0 Å². The lowest BCUT2D eigenvalue weighted by Crippen LogP contribution is -2.54. The van der Waals surface area contributed by atoms with Crippen molar-refractivity contribution in [1.82, 2.24) is 14.9 Å². The van der Waals surface area contributed by atoms with Crippen LogP contribution in [-0.2, 0) is 9.59 Å². The third-order valence-electron chi connectivity index (χ3n) is 3.72. The minimum atomic E-state index is -0.929. The van der Waals surface area contributed by atoms with Crippen molar-refractivity contribution in [2.75, 3.05) is 30.3 Å². The van der Waals surface area contributed by atoms with Gasteiger partial charge in [0.1, 0.15) is 11.0 Å². The van der Waals surface area contributed by atoms with E-state index in [-0.39, 0.29) is 22.9 Å². The molecule has 1 aliphatic rings. The van der Waals surface area contributed by atoms with Crippen LogP contribution in [0.5, 0.6) is 0 Å². The summed E-state index contributed by atoms with van der Waals surface area (Å²) in [7, 11) is 0. The maximum absolute atomic E-state index is 12.1. The maximum atomic E-state index is 12.1. The van der Waals surface area contributed by atoms with Gasteiger partial charge in [0.25, 0.3) is 0 Å². The summed E-state index contributed by atoms with van der Waals surface area (Å²) in [6, 6.07) is 1.75. The van der Waals surface area contributed by atoms with Gasteiger partial charge in [-0.05, 0) is 13.3 Å². The van der Waals surface area contributed by atoms with Gasteiger partial charge >= 0.3 is 5.97 Å². The zero-order valence-corrected chi connectivity index (χ0v) is 15.3. The Morgan fingerprint density at radius 1 is 1.42 bits per heavy atom. The summed E-state index contributed by atoms with van der Waals surface area (Å²) in [4.78, 5) is 35.2. The van der Waals surface area contributed by atoms with Gasteiger partial charge in [-0.25, -0.2) is 9.97 Å². The van der Waals surface area contributed by atoms with E-state index in [1.165, 1.54) is 0 Å². The highest BCUT2D eigenvalue weighted by Crippen LogP contribution is 2.24. The number of hydrogen-bond acceptors (Lipinski definition) is 6. The lowest BCUT2D eigenvalue weighted by molar-refractivity contribution is -0.134. The molecule has 7 nitrogen and oxygen atoms in total. The molecule has 1 atom stereocenters. The van der Waals surface area contributed by atoms with E-state index in [4.69, 9.17) is 16.7 Å². The van der Waals surface area contributed by atoms with Crippen molar-refractivity contribution in [3.63, 3.8) is 0 Å². The quantitative estimate of drug-likeness (QED) is 0.465. The van der Waals surface area contributed by atoms with Crippen LogP contribution in [0.2, 0.25) is 5.15 Å². The van der Waals surface area contributed by atoms with Gasteiger partial charge in [0.2, 0.25) is 5.91 Å². The van der Waals surface area contributed by atoms with Gasteiger partial charge in [-0.15, -0.1) is 0 Å². The van der Waals surface area contributed by atoms with Crippen LogP contribution in [-0.4, -0.2) is 63.3 Å². The van der Waals surface area contributed by atoms with Crippen molar-refractivity contribution in [3.8, 4) is 0 Å². The third-order valence-corrected chi connectivity index (χ3v) is 4.75. The number of anilines is 1. The molecule has 2 rings (SSSR count). The van der Waals surface area contributed by atoms with E-state index in [0.717, 1.165) is 18.2 Å². The van der Waals surface area contributed by atoms with Gasteiger partial charge in [0.05, 0.1) is 5.75 Å². The number of aromatic nitrogens is 2. The standard InChI is InChI=1S/C15H21ClN4O3S/c1-3-4-13(21)20-6-5-19(8-10(20)2)12-7-11(16)17-15(18-12)24-9-14(22)23/h7,10H,3-6,8-9H2,1-2H3,(H,22,23)/t10-/m0/s1. The van der Waals surface area contributed by atoms with Gasteiger partial charge in [-0.1, -0.05) is 30.3 Å². The molecule has 0 spiro atoms. The van der Waals surface area contributed by atoms with Crippen LogP contribution >= 0.6 is 23.4 Å². The summed E-state index contributed by atoms with van der Waals surface area (Å²) < 4.78 is 0. The number of aliphatic carboxylic acids is 1. The predicted molar refractivity (Wildman–Crippen MR) is 93.7 cm³/mol. The largest absolute Gasteiger partial charge is 0.481 e. The first kappa shape index (κ1) is 18.8. The number of rotatable bonds is 6. The summed E-state index contributed by atoms with van der Waals surface area (Å²) in [6.07, 6.45) is 1.41. The molecule has 0 bridgehead atoms. The highest BCUT2D eigenvalue weighted by atomic mass is 35.5. The Balaban J connectivity index is 2.07. The zero-order chi connectivity index (χ0) is 17.7. The third kappa shape index (κ3) is 4.98. The van der Waals surface area contributed by atoms with Gasteiger partial charge in [0.15, 0.2) is 5.16 Å². The normalized spacial score (nSPS) is 17.9. The fraction of sp³-hybridized carbons (Fsp3) is 0.600. The van der Waals surface area contributed by atoms with Crippen LogP contribution in [0.4, 0.5) is 5.82 Å². The lowest BCUT2D eigenvalue weighted by Gasteiger charge is -2.40. The van der Waals surface area contributed by atoms with E-state index in [2.05, 4.69) is 14.9 Å². The molecule has 0 unspecified atom stereocenters. The number of piperazine rings is 1. The van der Waals surface area contributed by atoms with Crippen LogP contribution in [0.3, 0.4) is 0 Å². The van der Waals surface area contributed by atoms with E-state index in [1.807, 2.05) is 18.7 Å². The number of carboxylic acids is 1. The van der Waals surface area contributed by atoms with Gasteiger partial charge < -0.3 is 14.9 Å². The van der Waals surface area contributed by atoms with Crippen molar-refractivity contribution >= 4 is 41.1 Å². The average Bonchev–Trinajstić information content (AvgIpc) is 2.52. The molecule has 1 fully saturated rings. The smallest absolute Gasteiger partial charge is 0.313 e. The molecule has 1 aromatic rings. The van der Waals surface area contributed by atoms with E-state index in [9.17, 15) is 9.59 Å². The number of carboxylic acid groups (broad SMARTS) is 1. The second kappa shape index (κ2) is 8.53. The highest BCUT2D eigenvalue weighted by Gasteiger charge is 2.27. The zero-order valence-electron chi connectivity index (χ0n) is 13.7. The summed E-state index contributed by atoms with van der Waals surface area (Å²) in [5, 5.41) is 9.39. The van der Waals surface area contributed by atoms with Crippen LogP contribution in [0.25, 0.3) is 0 Å². The number of carbonyl (C=O) groups excluding carboxylic acids is 1. The first-order chi connectivity index (χ1) is 11.4. The molecule has 1 aliphatic heterocycles. The van der Waals surface area contributed by atoms with Crippen LogP contribution in [0.15, 0.2) is 11.2 Å². The Kier molecular flexibility index (Phi) is 6.68. The number of nitrogens with zero attached hydrogens (tertiary/aromatic N) is 4. The Morgan fingerprint density at radius 3 is 2.79 bits per heavy atom. The second-order valence-electron chi connectivity index (χ2n) is 5.65. The Bertz CT molecular complexity index is 616. The van der Waals surface area contributed by atoms with E-state index in [0.29, 0.717) is 37.0 Å². The molecule has 2 heterocycles. The molecule has 9 heteroatoms. The summed E-state index contributed by atoms with van der Waals surface area (Å²) in [6.45, 7) is 5.97. The lowest BCUT2D eigenvalue weighted by atomic mass is 10.1. The maximum Gasteiger partial charge on any atom is 0.313 e. The predicted octanol–water partition coefficient (Wildman–Crippen LogP) is 2.14. The van der Waals surface area contributed by atoms with Crippen molar-refractivity contribution < 1.29 is 14.7 Å². The Hall–Kier alpha value is -1.54. The minimum absolute atomic E-state index is 0.0849. The molecule has 1 N–H and O–H groups in total. The average molecular weight is 373 g/mol. The fourth-order valence-corrected chi connectivity index (χ4v) is 3.43. The monoisotopic (exact) mass is 372 g/mol. The Labute approximate surface area is 150 Å².